The van der Waals surface area contributed by atoms with Crippen LogP contribution in [0, 0.1) is 0 Å². The van der Waals surface area contributed by atoms with E-state index in [2.05, 4.69) is 34.4 Å². The number of anilines is 3. The summed E-state index contributed by atoms with van der Waals surface area (Å²) >= 11 is 12.0. The molecule has 2 N–H and O–H groups in total. The zero-order valence-electron chi connectivity index (χ0n) is 12.5. The van der Waals surface area contributed by atoms with Gasteiger partial charge in [-0.3, -0.25) is 0 Å². The Labute approximate surface area is 140 Å². The molecule has 1 saturated carbocycles. The molecule has 3 rings (SSSR count). The Morgan fingerprint density at radius 1 is 1.09 bits per heavy atom. The van der Waals surface area contributed by atoms with Crippen LogP contribution in [0.15, 0.2) is 24.3 Å². The van der Waals surface area contributed by atoms with Gasteiger partial charge in [-0.2, -0.15) is 4.98 Å². The third kappa shape index (κ3) is 3.81. The number of benzene rings is 1. The van der Waals surface area contributed by atoms with E-state index in [0.717, 1.165) is 17.2 Å². The van der Waals surface area contributed by atoms with E-state index in [1.54, 1.807) is 12.1 Å². The van der Waals surface area contributed by atoms with Crippen molar-refractivity contribution in [2.75, 3.05) is 10.6 Å². The minimum absolute atomic E-state index is 0.285. The van der Waals surface area contributed by atoms with Crippen LogP contribution in [-0.2, 0) is 0 Å². The number of halogens is 2. The van der Waals surface area contributed by atoms with E-state index in [1.807, 2.05) is 12.1 Å². The van der Waals surface area contributed by atoms with E-state index >= 15 is 0 Å². The number of hydrogen-bond acceptors (Lipinski definition) is 4. The molecule has 4 nitrogen and oxygen atoms in total. The first-order valence-corrected chi connectivity index (χ1v) is 8.14. The van der Waals surface area contributed by atoms with Crippen LogP contribution in [0.4, 0.5) is 17.5 Å². The molecule has 1 fully saturated rings. The highest BCUT2D eigenvalue weighted by Gasteiger charge is 2.26. The van der Waals surface area contributed by atoms with Crippen molar-refractivity contribution in [1.82, 2.24) is 9.97 Å². The van der Waals surface area contributed by atoms with Gasteiger partial charge in [-0.25, -0.2) is 4.98 Å². The summed E-state index contributed by atoms with van der Waals surface area (Å²) in [5.41, 5.74) is 1.94. The quantitative estimate of drug-likeness (QED) is 0.785. The van der Waals surface area contributed by atoms with Gasteiger partial charge in [0.2, 0.25) is 5.95 Å². The summed E-state index contributed by atoms with van der Waals surface area (Å²) in [7, 11) is 0. The first-order chi connectivity index (χ1) is 10.5. The van der Waals surface area contributed by atoms with Crippen LogP contribution >= 0.6 is 23.2 Å². The summed E-state index contributed by atoms with van der Waals surface area (Å²) in [4.78, 5) is 9.12. The molecule has 1 aliphatic carbocycles. The van der Waals surface area contributed by atoms with E-state index in [-0.39, 0.29) is 6.04 Å². The maximum absolute atomic E-state index is 6.05. The third-order valence-corrected chi connectivity index (χ3v) is 4.09. The van der Waals surface area contributed by atoms with Crippen molar-refractivity contribution in [3.8, 4) is 0 Å². The molecule has 2 aromatic rings. The molecule has 0 radical (unpaired) electrons. The molecule has 0 saturated heterocycles. The summed E-state index contributed by atoms with van der Waals surface area (Å²) in [6.45, 7) is 4.14. The van der Waals surface area contributed by atoms with Gasteiger partial charge >= 0.3 is 0 Å². The maximum atomic E-state index is 6.05. The van der Waals surface area contributed by atoms with E-state index in [0.29, 0.717) is 21.9 Å². The fourth-order valence-corrected chi connectivity index (χ4v) is 2.46. The number of nitrogens with zero attached hydrogens (tertiary/aromatic N) is 2. The van der Waals surface area contributed by atoms with E-state index in [9.17, 15) is 0 Å². The third-order valence-electron chi connectivity index (χ3n) is 3.35. The van der Waals surface area contributed by atoms with Gasteiger partial charge in [0, 0.05) is 23.7 Å². The molecule has 116 valence electrons. The highest BCUT2D eigenvalue weighted by atomic mass is 35.5. The number of rotatable bonds is 5. The van der Waals surface area contributed by atoms with Crippen molar-refractivity contribution in [2.45, 2.75) is 38.6 Å². The molecule has 22 heavy (non-hydrogen) atoms. The zero-order chi connectivity index (χ0) is 15.7. The molecule has 0 unspecified atom stereocenters. The van der Waals surface area contributed by atoms with Gasteiger partial charge in [0.05, 0.1) is 15.7 Å². The Hall–Kier alpha value is -1.52. The number of aromatic nitrogens is 2. The predicted molar refractivity (Wildman–Crippen MR) is 92.5 cm³/mol. The topological polar surface area (TPSA) is 49.8 Å². The van der Waals surface area contributed by atoms with Gasteiger partial charge in [0.1, 0.15) is 5.82 Å². The van der Waals surface area contributed by atoms with Crippen LogP contribution in [0.1, 0.15) is 38.3 Å². The fourth-order valence-electron chi connectivity index (χ4n) is 2.16. The normalized spacial score (nSPS) is 14.2. The second-order valence-corrected chi connectivity index (χ2v) is 6.64. The molecule has 0 bridgehead atoms. The number of nitrogens with one attached hydrogen (secondary N) is 2. The van der Waals surface area contributed by atoms with Gasteiger partial charge in [-0.1, -0.05) is 23.2 Å². The van der Waals surface area contributed by atoms with Crippen LogP contribution in [0.25, 0.3) is 0 Å². The first-order valence-electron chi connectivity index (χ1n) is 7.39. The van der Waals surface area contributed by atoms with Crippen LogP contribution in [0.5, 0.6) is 0 Å². The Morgan fingerprint density at radius 2 is 1.86 bits per heavy atom. The minimum Gasteiger partial charge on any atom is -0.352 e. The molecular weight excluding hydrogens is 319 g/mol. The second-order valence-electron chi connectivity index (χ2n) is 5.83. The van der Waals surface area contributed by atoms with E-state index in [4.69, 9.17) is 23.2 Å². The Kier molecular flexibility index (Phi) is 4.41. The zero-order valence-corrected chi connectivity index (χ0v) is 14.0. The fraction of sp³-hybridized carbons (Fsp3) is 0.375. The van der Waals surface area contributed by atoms with Crippen molar-refractivity contribution in [1.29, 1.82) is 0 Å². The summed E-state index contributed by atoms with van der Waals surface area (Å²) in [5, 5.41) is 7.59. The van der Waals surface area contributed by atoms with Crippen molar-refractivity contribution in [2.24, 2.45) is 0 Å². The maximum Gasteiger partial charge on any atom is 0.225 e. The smallest absolute Gasteiger partial charge is 0.225 e. The average Bonchev–Trinajstić information content (AvgIpc) is 3.26. The van der Waals surface area contributed by atoms with Gasteiger partial charge in [0.25, 0.3) is 0 Å². The lowest BCUT2D eigenvalue weighted by Gasteiger charge is -2.13. The molecule has 0 aliphatic heterocycles. The lowest BCUT2D eigenvalue weighted by Crippen LogP contribution is -2.14. The average molecular weight is 337 g/mol. The second kappa shape index (κ2) is 6.31. The standard InChI is InChI=1S/C16H18Cl2N4/c1-9(2)19-16-21-14(10-3-4-10)8-15(22-16)20-11-5-6-12(17)13(18)7-11/h5-10H,3-4H2,1-2H3,(H2,19,20,21,22). The molecule has 1 aromatic carbocycles. The number of hydrogen-bond donors (Lipinski definition) is 2. The molecule has 1 aliphatic rings. The summed E-state index contributed by atoms with van der Waals surface area (Å²) in [5.74, 6) is 1.98. The molecule has 0 amide bonds. The first kappa shape index (κ1) is 15.4. The Bertz CT molecular complexity index is 684. The molecule has 6 heteroatoms. The summed E-state index contributed by atoms with van der Waals surface area (Å²) < 4.78 is 0. The Morgan fingerprint density at radius 3 is 2.50 bits per heavy atom. The van der Waals surface area contributed by atoms with Gasteiger partial charge in [-0.05, 0) is 44.9 Å². The van der Waals surface area contributed by atoms with Crippen LogP contribution < -0.4 is 10.6 Å². The van der Waals surface area contributed by atoms with E-state index < -0.39 is 0 Å². The van der Waals surface area contributed by atoms with Gasteiger partial charge in [0.15, 0.2) is 0 Å². The lowest BCUT2D eigenvalue weighted by molar-refractivity contribution is 0.864. The highest BCUT2D eigenvalue weighted by Crippen LogP contribution is 2.40. The molecule has 1 aromatic heterocycles. The van der Waals surface area contributed by atoms with E-state index in [1.165, 1.54) is 12.8 Å². The van der Waals surface area contributed by atoms with Crippen molar-refractivity contribution in [3.05, 3.63) is 40.0 Å². The molecule has 1 heterocycles. The van der Waals surface area contributed by atoms with Gasteiger partial charge < -0.3 is 10.6 Å². The highest BCUT2D eigenvalue weighted by molar-refractivity contribution is 6.42. The van der Waals surface area contributed by atoms with Crippen molar-refractivity contribution < 1.29 is 0 Å². The molecule has 0 spiro atoms. The summed E-state index contributed by atoms with van der Waals surface area (Å²) in [6.07, 6.45) is 2.40. The minimum atomic E-state index is 0.285. The van der Waals surface area contributed by atoms with Crippen molar-refractivity contribution in [3.63, 3.8) is 0 Å². The predicted octanol–water partition coefficient (Wildman–Crippen LogP) is 5.22. The van der Waals surface area contributed by atoms with Crippen molar-refractivity contribution >= 4 is 40.7 Å². The summed E-state index contributed by atoms with van der Waals surface area (Å²) in [6, 6.07) is 7.72. The van der Waals surface area contributed by atoms with Crippen LogP contribution in [-0.4, -0.2) is 16.0 Å². The lowest BCUT2D eigenvalue weighted by atomic mass is 10.2. The largest absolute Gasteiger partial charge is 0.352 e. The SMILES string of the molecule is CC(C)Nc1nc(Nc2ccc(Cl)c(Cl)c2)cc(C2CC2)n1. The molecule has 0 atom stereocenters. The van der Waals surface area contributed by atoms with Gasteiger partial charge in [-0.15, -0.1) is 0 Å². The van der Waals surface area contributed by atoms with Crippen LogP contribution in [0.2, 0.25) is 10.0 Å². The Balaban J connectivity index is 1.87. The molecular formula is C16H18Cl2N4. The van der Waals surface area contributed by atoms with Crippen LogP contribution in [0.3, 0.4) is 0 Å². The monoisotopic (exact) mass is 336 g/mol.